The summed E-state index contributed by atoms with van der Waals surface area (Å²) in [5.41, 5.74) is 6.21. The minimum absolute atomic E-state index is 0.0403. The van der Waals surface area contributed by atoms with Gasteiger partial charge < -0.3 is 15.7 Å². The molecule has 1 aromatic heterocycles. The second kappa shape index (κ2) is 5.93. The van der Waals surface area contributed by atoms with Crippen molar-refractivity contribution in [1.29, 1.82) is 0 Å². The van der Waals surface area contributed by atoms with E-state index in [1.807, 2.05) is 11.6 Å². The fourth-order valence-electron chi connectivity index (χ4n) is 2.69. The lowest BCUT2D eigenvalue weighted by Gasteiger charge is -2.36. The molecule has 0 spiro atoms. The van der Waals surface area contributed by atoms with Gasteiger partial charge in [-0.2, -0.15) is 5.10 Å². The Morgan fingerprint density at radius 1 is 1.60 bits per heavy atom. The van der Waals surface area contributed by atoms with Gasteiger partial charge >= 0.3 is 0 Å². The molecule has 1 atom stereocenters. The standard InChI is InChI=1S/C14H24N4O2/c1-11-12(9-16-18(11)8-4-6-15)13(19)17-7-3-5-14(2,20)10-17/h9,20H,3-8,10,15H2,1-2H3. The largest absolute Gasteiger partial charge is 0.388 e. The van der Waals surface area contributed by atoms with E-state index in [1.165, 1.54) is 0 Å². The van der Waals surface area contributed by atoms with Gasteiger partial charge in [0.1, 0.15) is 0 Å². The Labute approximate surface area is 119 Å². The first kappa shape index (κ1) is 15.0. The van der Waals surface area contributed by atoms with Crippen LogP contribution in [0.5, 0.6) is 0 Å². The van der Waals surface area contributed by atoms with Gasteiger partial charge in [0, 0.05) is 25.3 Å². The number of carbonyl (C=O) groups is 1. The number of hydrogen-bond donors (Lipinski definition) is 2. The highest BCUT2D eigenvalue weighted by molar-refractivity contribution is 5.95. The van der Waals surface area contributed by atoms with E-state index in [-0.39, 0.29) is 5.91 Å². The molecule has 2 rings (SSSR count). The monoisotopic (exact) mass is 280 g/mol. The number of aryl methyl sites for hydroxylation is 1. The number of rotatable bonds is 4. The van der Waals surface area contributed by atoms with Gasteiger partial charge in [-0.15, -0.1) is 0 Å². The summed E-state index contributed by atoms with van der Waals surface area (Å²) in [6, 6.07) is 0. The van der Waals surface area contributed by atoms with Crippen molar-refractivity contribution in [2.24, 2.45) is 5.73 Å². The van der Waals surface area contributed by atoms with Crippen molar-refractivity contribution in [1.82, 2.24) is 14.7 Å². The molecule has 1 fully saturated rings. The maximum atomic E-state index is 12.5. The smallest absolute Gasteiger partial charge is 0.257 e. The number of amides is 1. The van der Waals surface area contributed by atoms with Crippen molar-refractivity contribution in [3.8, 4) is 0 Å². The summed E-state index contributed by atoms with van der Waals surface area (Å²) < 4.78 is 1.82. The van der Waals surface area contributed by atoms with Crippen LogP contribution in [0.4, 0.5) is 0 Å². The van der Waals surface area contributed by atoms with Crippen molar-refractivity contribution >= 4 is 5.91 Å². The SMILES string of the molecule is Cc1c(C(=O)N2CCCC(C)(O)C2)cnn1CCCN. The Bertz CT molecular complexity index is 482. The molecule has 1 aliphatic rings. The summed E-state index contributed by atoms with van der Waals surface area (Å²) in [5, 5.41) is 14.4. The molecule has 20 heavy (non-hydrogen) atoms. The lowest BCUT2D eigenvalue weighted by molar-refractivity contribution is -0.0107. The molecule has 1 saturated heterocycles. The molecule has 3 N–H and O–H groups in total. The molecule has 0 aromatic carbocycles. The number of aliphatic hydroxyl groups is 1. The lowest BCUT2D eigenvalue weighted by atomic mass is 9.95. The van der Waals surface area contributed by atoms with Gasteiger partial charge in [-0.3, -0.25) is 9.48 Å². The minimum atomic E-state index is -0.780. The zero-order chi connectivity index (χ0) is 14.8. The van der Waals surface area contributed by atoms with E-state index >= 15 is 0 Å². The van der Waals surface area contributed by atoms with Crippen molar-refractivity contribution in [3.63, 3.8) is 0 Å². The maximum Gasteiger partial charge on any atom is 0.257 e. The highest BCUT2D eigenvalue weighted by atomic mass is 16.3. The third-order valence-corrected chi connectivity index (χ3v) is 3.87. The van der Waals surface area contributed by atoms with Crippen LogP contribution in [0.2, 0.25) is 0 Å². The highest BCUT2D eigenvalue weighted by Crippen LogP contribution is 2.22. The fourth-order valence-corrected chi connectivity index (χ4v) is 2.69. The molecule has 6 heteroatoms. The van der Waals surface area contributed by atoms with Crippen molar-refractivity contribution in [2.45, 2.75) is 45.3 Å². The molecule has 0 bridgehead atoms. The first-order chi connectivity index (χ1) is 9.44. The molecular weight excluding hydrogens is 256 g/mol. The Morgan fingerprint density at radius 3 is 3.00 bits per heavy atom. The quantitative estimate of drug-likeness (QED) is 0.842. The third kappa shape index (κ3) is 3.19. The summed E-state index contributed by atoms with van der Waals surface area (Å²) in [7, 11) is 0. The van der Waals surface area contributed by atoms with Crippen molar-refractivity contribution in [3.05, 3.63) is 17.5 Å². The number of piperidine rings is 1. The number of β-amino-alcohol motifs (C(OH)–C–C–N with tert-alkyl or cyclic N) is 1. The molecule has 0 saturated carbocycles. The summed E-state index contributed by atoms with van der Waals surface area (Å²) in [6.45, 7) is 6.11. The van der Waals surface area contributed by atoms with Gasteiger partial charge in [-0.25, -0.2) is 0 Å². The van der Waals surface area contributed by atoms with Gasteiger partial charge in [0.05, 0.1) is 17.4 Å². The van der Waals surface area contributed by atoms with Crippen LogP contribution >= 0.6 is 0 Å². The van der Waals surface area contributed by atoms with E-state index in [1.54, 1.807) is 18.0 Å². The Balaban J connectivity index is 2.11. The zero-order valence-electron chi connectivity index (χ0n) is 12.3. The van der Waals surface area contributed by atoms with E-state index in [0.29, 0.717) is 25.2 Å². The molecule has 0 radical (unpaired) electrons. The fraction of sp³-hybridized carbons (Fsp3) is 0.714. The van der Waals surface area contributed by atoms with E-state index in [4.69, 9.17) is 5.73 Å². The zero-order valence-corrected chi connectivity index (χ0v) is 12.3. The summed E-state index contributed by atoms with van der Waals surface area (Å²) in [5.74, 6) is -0.0403. The van der Waals surface area contributed by atoms with Crippen LogP contribution in [-0.2, 0) is 6.54 Å². The van der Waals surface area contributed by atoms with Crippen LogP contribution in [0, 0.1) is 6.92 Å². The van der Waals surface area contributed by atoms with Gasteiger partial charge in [-0.05, 0) is 39.7 Å². The van der Waals surface area contributed by atoms with Crippen LogP contribution in [-0.4, -0.2) is 50.9 Å². The van der Waals surface area contributed by atoms with Crippen LogP contribution < -0.4 is 5.73 Å². The highest BCUT2D eigenvalue weighted by Gasteiger charge is 2.32. The number of carbonyl (C=O) groups excluding carboxylic acids is 1. The normalized spacial score (nSPS) is 23.1. The summed E-state index contributed by atoms with van der Waals surface area (Å²) in [4.78, 5) is 14.3. The molecule has 1 amide bonds. The summed E-state index contributed by atoms with van der Waals surface area (Å²) in [6.07, 6.45) is 4.04. The first-order valence-corrected chi connectivity index (χ1v) is 7.19. The second-order valence-electron chi connectivity index (χ2n) is 5.84. The molecule has 0 aliphatic carbocycles. The number of nitrogens with two attached hydrogens (primary N) is 1. The first-order valence-electron chi connectivity index (χ1n) is 7.19. The van der Waals surface area contributed by atoms with Crippen LogP contribution in [0.3, 0.4) is 0 Å². The third-order valence-electron chi connectivity index (χ3n) is 3.87. The van der Waals surface area contributed by atoms with E-state index in [0.717, 1.165) is 31.5 Å². The Morgan fingerprint density at radius 2 is 2.35 bits per heavy atom. The average molecular weight is 280 g/mol. The van der Waals surface area contributed by atoms with Crippen LogP contribution in [0.1, 0.15) is 42.2 Å². The predicted octanol–water partition coefficient (Wildman–Crippen LogP) is 0.527. The van der Waals surface area contributed by atoms with Crippen LogP contribution in [0.25, 0.3) is 0 Å². The Hall–Kier alpha value is -1.40. The molecule has 1 aromatic rings. The maximum absolute atomic E-state index is 12.5. The van der Waals surface area contributed by atoms with Gasteiger partial charge in [0.15, 0.2) is 0 Å². The summed E-state index contributed by atoms with van der Waals surface area (Å²) >= 11 is 0. The van der Waals surface area contributed by atoms with E-state index < -0.39 is 5.60 Å². The minimum Gasteiger partial charge on any atom is -0.388 e. The Kier molecular flexibility index (Phi) is 4.45. The number of nitrogens with zero attached hydrogens (tertiary/aromatic N) is 3. The molecule has 112 valence electrons. The number of hydrogen-bond acceptors (Lipinski definition) is 4. The molecule has 1 aliphatic heterocycles. The second-order valence-corrected chi connectivity index (χ2v) is 5.84. The van der Waals surface area contributed by atoms with E-state index in [9.17, 15) is 9.90 Å². The van der Waals surface area contributed by atoms with E-state index in [2.05, 4.69) is 5.10 Å². The molecular formula is C14H24N4O2. The van der Waals surface area contributed by atoms with Crippen molar-refractivity contribution < 1.29 is 9.90 Å². The van der Waals surface area contributed by atoms with Crippen LogP contribution in [0.15, 0.2) is 6.20 Å². The topological polar surface area (TPSA) is 84.4 Å². The molecule has 2 heterocycles. The predicted molar refractivity (Wildman–Crippen MR) is 76.4 cm³/mol. The van der Waals surface area contributed by atoms with Crippen molar-refractivity contribution in [2.75, 3.05) is 19.6 Å². The van der Waals surface area contributed by atoms with Gasteiger partial charge in [0.2, 0.25) is 0 Å². The number of aromatic nitrogens is 2. The lowest BCUT2D eigenvalue weighted by Crippen LogP contribution is -2.48. The average Bonchev–Trinajstić information content (AvgIpc) is 2.75. The van der Waals surface area contributed by atoms with Gasteiger partial charge in [0.25, 0.3) is 5.91 Å². The van der Waals surface area contributed by atoms with Gasteiger partial charge in [-0.1, -0.05) is 0 Å². The number of likely N-dealkylation sites (tertiary alicyclic amines) is 1. The molecule has 6 nitrogen and oxygen atoms in total. The molecule has 1 unspecified atom stereocenters.